The third kappa shape index (κ3) is 3.61. The Kier molecular flexibility index (Phi) is 4.84. The van der Waals surface area contributed by atoms with Gasteiger partial charge in [-0.15, -0.1) is 0 Å². The van der Waals surface area contributed by atoms with E-state index in [9.17, 15) is 4.79 Å². The summed E-state index contributed by atoms with van der Waals surface area (Å²) in [5.74, 6) is 2.06. The quantitative estimate of drug-likeness (QED) is 0.911. The fraction of sp³-hybridized carbons (Fsp3) is 0.650. The summed E-state index contributed by atoms with van der Waals surface area (Å²) in [6, 6.07) is 8.36. The second kappa shape index (κ2) is 7.24. The molecule has 25 heavy (non-hydrogen) atoms. The van der Waals surface area contributed by atoms with E-state index in [1.807, 2.05) is 24.3 Å². The number of hydrogen-bond acceptors (Lipinski definition) is 4. The van der Waals surface area contributed by atoms with Crippen molar-refractivity contribution in [2.75, 3.05) is 20.2 Å². The van der Waals surface area contributed by atoms with Gasteiger partial charge in [-0.05, 0) is 55.8 Å². The summed E-state index contributed by atoms with van der Waals surface area (Å²) in [7, 11) is 1.65. The van der Waals surface area contributed by atoms with Crippen LogP contribution in [0.25, 0.3) is 0 Å². The van der Waals surface area contributed by atoms with Crippen molar-refractivity contribution in [3.05, 3.63) is 29.8 Å². The lowest BCUT2D eigenvalue weighted by atomic mass is 9.84. The molecule has 2 aliphatic heterocycles. The highest BCUT2D eigenvalue weighted by molar-refractivity contribution is 5.67. The zero-order valence-electron chi connectivity index (χ0n) is 14.9. The molecule has 2 bridgehead atoms. The molecule has 1 amide bonds. The summed E-state index contributed by atoms with van der Waals surface area (Å²) in [4.78, 5) is 14.9. The number of carbonyl (C=O) groups excluding carboxylic acids is 1. The molecular formula is C20H28N2O3. The van der Waals surface area contributed by atoms with Gasteiger partial charge < -0.3 is 14.8 Å². The first-order valence-electron chi connectivity index (χ1n) is 9.54. The Hall–Kier alpha value is -1.75. The molecule has 2 saturated heterocycles. The lowest BCUT2D eigenvalue weighted by molar-refractivity contribution is 0.0145. The van der Waals surface area contributed by atoms with Gasteiger partial charge in [-0.1, -0.05) is 18.6 Å². The third-order valence-corrected chi connectivity index (χ3v) is 6.15. The highest BCUT2D eigenvalue weighted by Crippen LogP contribution is 2.44. The van der Waals surface area contributed by atoms with Gasteiger partial charge in [0.2, 0.25) is 0 Å². The molecular weight excluding hydrogens is 316 g/mol. The number of rotatable bonds is 4. The van der Waals surface area contributed by atoms with E-state index in [2.05, 4.69) is 10.2 Å². The summed E-state index contributed by atoms with van der Waals surface area (Å²) in [5, 5.41) is 2.90. The van der Waals surface area contributed by atoms with Gasteiger partial charge in [-0.3, -0.25) is 4.90 Å². The van der Waals surface area contributed by atoms with Crippen molar-refractivity contribution in [1.29, 1.82) is 0 Å². The van der Waals surface area contributed by atoms with Crippen molar-refractivity contribution in [2.45, 2.75) is 50.8 Å². The van der Waals surface area contributed by atoms with Gasteiger partial charge in [0.15, 0.2) is 0 Å². The van der Waals surface area contributed by atoms with Gasteiger partial charge in [0, 0.05) is 25.0 Å². The maximum absolute atomic E-state index is 12.3. The van der Waals surface area contributed by atoms with Crippen molar-refractivity contribution < 1.29 is 14.3 Å². The van der Waals surface area contributed by atoms with Gasteiger partial charge in [0.25, 0.3) is 0 Å². The van der Waals surface area contributed by atoms with Crippen molar-refractivity contribution in [1.82, 2.24) is 10.2 Å². The van der Waals surface area contributed by atoms with Crippen LogP contribution in [0.3, 0.4) is 0 Å². The minimum Gasteiger partial charge on any atom is -0.497 e. The molecule has 2 heterocycles. The summed E-state index contributed by atoms with van der Waals surface area (Å²) in [5.41, 5.74) is 1.04. The highest BCUT2D eigenvalue weighted by atomic mass is 16.6. The second-order valence-corrected chi connectivity index (χ2v) is 7.70. The number of ether oxygens (including phenoxy) is 2. The molecule has 3 fully saturated rings. The zero-order chi connectivity index (χ0) is 17.2. The Morgan fingerprint density at radius 2 is 2.08 bits per heavy atom. The SMILES string of the molecule is COc1ccc(CNC(=O)OC2CC3CC2[C@H]2CCCCN2C3)cc1. The topological polar surface area (TPSA) is 50.8 Å². The molecule has 1 N–H and O–H groups in total. The van der Waals surface area contributed by atoms with Crippen LogP contribution >= 0.6 is 0 Å². The van der Waals surface area contributed by atoms with E-state index >= 15 is 0 Å². The van der Waals surface area contributed by atoms with Crippen LogP contribution in [0.5, 0.6) is 5.75 Å². The molecule has 4 rings (SSSR count). The lowest BCUT2D eigenvalue weighted by Gasteiger charge is -2.43. The maximum atomic E-state index is 12.3. The molecule has 1 aromatic carbocycles. The van der Waals surface area contributed by atoms with Gasteiger partial charge >= 0.3 is 6.09 Å². The van der Waals surface area contributed by atoms with Gasteiger partial charge in [-0.2, -0.15) is 0 Å². The van der Waals surface area contributed by atoms with Crippen LogP contribution in [-0.4, -0.2) is 43.3 Å². The first kappa shape index (κ1) is 16.7. The molecule has 0 spiro atoms. The number of amides is 1. The molecule has 4 atom stereocenters. The average molecular weight is 344 g/mol. The Morgan fingerprint density at radius 1 is 1.24 bits per heavy atom. The first-order chi connectivity index (χ1) is 12.2. The summed E-state index contributed by atoms with van der Waals surface area (Å²) in [6.07, 6.45) is 5.99. The van der Waals surface area contributed by atoms with Crippen LogP contribution in [0.1, 0.15) is 37.7 Å². The summed E-state index contributed by atoms with van der Waals surface area (Å²) < 4.78 is 11.0. The number of fused-ring (bicyclic) bond motifs is 4. The highest BCUT2D eigenvalue weighted by Gasteiger charge is 2.48. The number of alkyl carbamates (subject to hydrolysis) is 1. The molecule has 136 valence electrons. The van der Waals surface area contributed by atoms with Crippen LogP contribution in [0.4, 0.5) is 4.79 Å². The van der Waals surface area contributed by atoms with E-state index in [4.69, 9.17) is 9.47 Å². The van der Waals surface area contributed by atoms with Crippen molar-refractivity contribution in [3.8, 4) is 5.75 Å². The van der Waals surface area contributed by atoms with E-state index in [1.54, 1.807) is 7.11 Å². The van der Waals surface area contributed by atoms with Crippen LogP contribution in [0.2, 0.25) is 0 Å². The molecule has 3 aliphatic rings. The van der Waals surface area contributed by atoms with E-state index < -0.39 is 0 Å². The lowest BCUT2D eigenvalue weighted by Crippen LogP contribution is -2.50. The standard InChI is InChI=1S/C20H28N2O3/c1-24-16-7-5-14(6-8-16)12-21-20(23)25-19-11-15-10-17(19)18-4-2-3-9-22(18)13-15/h5-8,15,17-19H,2-4,9-13H2,1H3,(H,21,23)/t15?,17?,18-,19?/m1/s1. The van der Waals surface area contributed by atoms with Gasteiger partial charge in [0.05, 0.1) is 7.11 Å². The number of hydrogen-bond donors (Lipinski definition) is 1. The number of piperidine rings is 2. The molecule has 0 radical (unpaired) electrons. The second-order valence-electron chi connectivity index (χ2n) is 7.70. The number of nitrogens with one attached hydrogen (secondary N) is 1. The Balaban J connectivity index is 1.30. The number of carbonyl (C=O) groups is 1. The molecule has 5 heteroatoms. The first-order valence-corrected chi connectivity index (χ1v) is 9.54. The predicted octanol–water partition coefficient (Wildman–Crippen LogP) is 3.18. The number of benzene rings is 1. The Bertz CT molecular complexity index is 603. The van der Waals surface area contributed by atoms with Crippen molar-refractivity contribution in [2.24, 2.45) is 11.8 Å². The molecule has 3 unspecified atom stereocenters. The predicted molar refractivity (Wildman–Crippen MR) is 95.5 cm³/mol. The smallest absolute Gasteiger partial charge is 0.407 e. The fourth-order valence-corrected chi connectivity index (χ4v) is 4.98. The monoisotopic (exact) mass is 344 g/mol. The van der Waals surface area contributed by atoms with E-state index in [-0.39, 0.29) is 12.2 Å². The Labute approximate surface area is 149 Å². The van der Waals surface area contributed by atoms with Crippen LogP contribution in [0, 0.1) is 11.8 Å². The van der Waals surface area contributed by atoms with Crippen molar-refractivity contribution >= 4 is 6.09 Å². The van der Waals surface area contributed by atoms with Gasteiger partial charge in [0.1, 0.15) is 11.9 Å². The summed E-state index contributed by atoms with van der Waals surface area (Å²) >= 11 is 0. The van der Waals surface area contributed by atoms with E-state index in [1.165, 1.54) is 38.8 Å². The van der Waals surface area contributed by atoms with Gasteiger partial charge in [-0.25, -0.2) is 4.79 Å². The molecule has 1 aromatic rings. The number of nitrogens with zero attached hydrogens (tertiary/aromatic N) is 1. The maximum Gasteiger partial charge on any atom is 0.407 e. The fourth-order valence-electron chi connectivity index (χ4n) is 4.98. The minimum atomic E-state index is -0.282. The molecule has 1 aliphatic carbocycles. The molecule has 5 nitrogen and oxygen atoms in total. The zero-order valence-corrected chi connectivity index (χ0v) is 14.9. The van der Waals surface area contributed by atoms with E-state index in [0.29, 0.717) is 24.4 Å². The third-order valence-electron chi connectivity index (χ3n) is 6.15. The van der Waals surface area contributed by atoms with Crippen LogP contribution in [-0.2, 0) is 11.3 Å². The summed E-state index contributed by atoms with van der Waals surface area (Å²) in [6.45, 7) is 2.92. The largest absolute Gasteiger partial charge is 0.497 e. The molecule has 0 aromatic heterocycles. The van der Waals surface area contributed by atoms with Crippen LogP contribution < -0.4 is 10.1 Å². The van der Waals surface area contributed by atoms with Crippen molar-refractivity contribution in [3.63, 3.8) is 0 Å². The molecule has 1 saturated carbocycles. The number of methoxy groups -OCH3 is 1. The average Bonchev–Trinajstić information content (AvgIpc) is 2.97. The minimum absolute atomic E-state index is 0.0916. The van der Waals surface area contributed by atoms with E-state index in [0.717, 1.165) is 17.7 Å². The van der Waals surface area contributed by atoms with Crippen LogP contribution in [0.15, 0.2) is 24.3 Å². The Morgan fingerprint density at radius 3 is 2.88 bits per heavy atom. The normalized spacial score (nSPS) is 31.2.